The summed E-state index contributed by atoms with van der Waals surface area (Å²) in [6.07, 6.45) is 0. The Morgan fingerprint density at radius 1 is 1.04 bits per heavy atom. The molecule has 0 saturated carbocycles. The zero-order valence-electron chi connectivity index (χ0n) is 14.5. The average molecular weight is 346 g/mol. The molecule has 0 aliphatic heterocycles. The van der Waals surface area contributed by atoms with Crippen LogP contribution in [0.3, 0.4) is 0 Å². The van der Waals surface area contributed by atoms with Crippen LogP contribution in [0.2, 0.25) is 0 Å². The van der Waals surface area contributed by atoms with Crippen LogP contribution < -0.4 is 5.73 Å². The molecule has 6 heteroatoms. The van der Waals surface area contributed by atoms with Gasteiger partial charge < -0.3 is 15.0 Å². The lowest BCUT2D eigenvalue weighted by Crippen LogP contribution is -2.12. The molecule has 26 heavy (non-hydrogen) atoms. The van der Waals surface area contributed by atoms with Crippen LogP contribution in [0.25, 0.3) is 22.2 Å². The number of rotatable bonds is 3. The third-order valence-corrected chi connectivity index (χ3v) is 4.59. The van der Waals surface area contributed by atoms with Gasteiger partial charge in [0.2, 0.25) is 0 Å². The fourth-order valence-corrected chi connectivity index (χ4v) is 3.26. The first kappa shape index (κ1) is 16.1. The average Bonchev–Trinajstić information content (AvgIpc) is 2.96. The summed E-state index contributed by atoms with van der Waals surface area (Å²) in [5.41, 5.74) is 10.2. The Morgan fingerprint density at radius 2 is 1.65 bits per heavy atom. The number of nitrogen functional groups attached to an aromatic ring is 1. The number of para-hydroxylation sites is 2. The van der Waals surface area contributed by atoms with Crippen molar-refractivity contribution in [2.75, 3.05) is 12.8 Å². The van der Waals surface area contributed by atoms with Gasteiger partial charge >= 0.3 is 5.97 Å². The minimum Gasteiger partial charge on any atom is -0.465 e. The number of nitrogens with two attached hydrogens (primary N) is 1. The second-order valence-electron chi connectivity index (χ2n) is 6.09. The Hall–Kier alpha value is -3.41. The van der Waals surface area contributed by atoms with Crippen LogP contribution in [-0.2, 0) is 4.74 Å². The number of methoxy groups -OCH3 is 1. The lowest BCUT2D eigenvalue weighted by molar-refractivity contribution is 0.0604. The lowest BCUT2D eigenvalue weighted by Gasteiger charge is -2.17. The van der Waals surface area contributed by atoms with Gasteiger partial charge in [0.1, 0.15) is 16.9 Å². The largest absolute Gasteiger partial charge is 0.465 e. The predicted molar refractivity (Wildman–Crippen MR) is 101 cm³/mol. The normalized spacial score (nSPS) is 12.4. The number of benzene rings is 2. The van der Waals surface area contributed by atoms with Crippen molar-refractivity contribution >= 4 is 34.0 Å². The van der Waals surface area contributed by atoms with Gasteiger partial charge in [-0.3, -0.25) is 0 Å². The summed E-state index contributed by atoms with van der Waals surface area (Å²) in [6, 6.07) is 17.3. The number of hydrogen-bond donors (Lipinski definition) is 1. The molecule has 130 valence electrons. The molecule has 0 amide bonds. The quantitative estimate of drug-likeness (QED) is 0.574. The van der Waals surface area contributed by atoms with E-state index in [0.29, 0.717) is 22.5 Å². The van der Waals surface area contributed by atoms with Crippen molar-refractivity contribution in [3.05, 3.63) is 65.7 Å². The molecule has 0 fully saturated rings. The highest BCUT2D eigenvalue weighted by Gasteiger charge is 2.27. The number of carbonyl (C=O) groups is 1. The van der Waals surface area contributed by atoms with Crippen LogP contribution >= 0.6 is 0 Å². The third kappa shape index (κ3) is 2.38. The van der Waals surface area contributed by atoms with Gasteiger partial charge in [0.15, 0.2) is 5.65 Å². The fraction of sp³-hybridized carbons (Fsp3) is 0.150. The van der Waals surface area contributed by atoms with Gasteiger partial charge in [0, 0.05) is 0 Å². The number of fused-ring (bicyclic) bond motifs is 2. The summed E-state index contributed by atoms with van der Waals surface area (Å²) in [5.74, 6) is -0.213. The van der Waals surface area contributed by atoms with Crippen LogP contribution in [0.5, 0.6) is 0 Å². The number of ether oxygens (including phenoxy) is 1. The summed E-state index contributed by atoms with van der Waals surface area (Å²) >= 11 is 0. The summed E-state index contributed by atoms with van der Waals surface area (Å²) in [6.45, 7) is 2.02. The third-order valence-electron chi connectivity index (χ3n) is 4.59. The Labute approximate surface area is 150 Å². The molecule has 0 aliphatic rings. The van der Waals surface area contributed by atoms with Gasteiger partial charge in [-0.25, -0.2) is 14.8 Å². The van der Waals surface area contributed by atoms with Crippen molar-refractivity contribution in [3.63, 3.8) is 0 Å². The van der Waals surface area contributed by atoms with Gasteiger partial charge in [-0.15, -0.1) is 0 Å². The molecule has 4 aromatic rings. The van der Waals surface area contributed by atoms with E-state index in [2.05, 4.69) is 4.98 Å². The van der Waals surface area contributed by atoms with Gasteiger partial charge in [0.25, 0.3) is 0 Å². The second kappa shape index (κ2) is 6.15. The number of esters is 1. The zero-order chi connectivity index (χ0) is 18.3. The summed E-state index contributed by atoms with van der Waals surface area (Å²) in [7, 11) is 1.33. The molecule has 2 N–H and O–H groups in total. The first-order valence-corrected chi connectivity index (χ1v) is 8.31. The van der Waals surface area contributed by atoms with Crippen LogP contribution in [0.4, 0.5) is 5.82 Å². The van der Waals surface area contributed by atoms with Crippen LogP contribution in [0.1, 0.15) is 28.9 Å². The minimum absolute atomic E-state index is 0.118. The van der Waals surface area contributed by atoms with E-state index in [0.717, 1.165) is 11.1 Å². The number of aromatic nitrogens is 3. The smallest absolute Gasteiger partial charge is 0.343 e. The monoisotopic (exact) mass is 346 g/mol. The standard InChI is InChI=1S/C20H18N4O2/c1-12(13-8-4-3-5-9-13)24-18(21)16(20(25)26-2)17-19(24)23-15-11-7-6-10-14(15)22-17/h3-12H,21H2,1-2H3/t12-/m1/s1. The van der Waals surface area contributed by atoms with Crippen molar-refractivity contribution in [3.8, 4) is 0 Å². The van der Waals surface area contributed by atoms with Crippen molar-refractivity contribution in [1.82, 2.24) is 14.5 Å². The second-order valence-corrected chi connectivity index (χ2v) is 6.09. The van der Waals surface area contributed by atoms with Crippen molar-refractivity contribution in [2.45, 2.75) is 13.0 Å². The number of anilines is 1. The molecule has 6 nitrogen and oxygen atoms in total. The Kier molecular flexibility index (Phi) is 3.80. The van der Waals surface area contributed by atoms with E-state index >= 15 is 0 Å². The maximum Gasteiger partial charge on any atom is 0.343 e. The van der Waals surface area contributed by atoms with Crippen LogP contribution in [-0.4, -0.2) is 27.6 Å². The minimum atomic E-state index is -0.518. The molecule has 0 bridgehead atoms. The first-order valence-electron chi connectivity index (χ1n) is 8.31. The van der Waals surface area contributed by atoms with Crippen LogP contribution in [0, 0.1) is 0 Å². The molecule has 1 atom stereocenters. The molecule has 0 spiro atoms. The van der Waals surface area contributed by atoms with Gasteiger partial charge in [-0.2, -0.15) is 0 Å². The number of nitrogens with zero attached hydrogens (tertiary/aromatic N) is 3. The van der Waals surface area contributed by atoms with Crippen molar-refractivity contribution in [2.24, 2.45) is 0 Å². The van der Waals surface area contributed by atoms with E-state index in [-0.39, 0.29) is 11.6 Å². The van der Waals surface area contributed by atoms with Gasteiger partial charge in [0.05, 0.1) is 24.2 Å². The SMILES string of the molecule is COC(=O)c1c(N)n([C@H](C)c2ccccc2)c2nc3ccccc3nc12. The molecule has 2 aromatic carbocycles. The lowest BCUT2D eigenvalue weighted by atomic mass is 10.1. The van der Waals surface area contributed by atoms with Gasteiger partial charge in [-0.1, -0.05) is 42.5 Å². The van der Waals surface area contributed by atoms with E-state index in [1.165, 1.54) is 7.11 Å². The fourth-order valence-electron chi connectivity index (χ4n) is 3.26. The summed E-state index contributed by atoms with van der Waals surface area (Å²) in [5, 5.41) is 0. The predicted octanol–water partition coefficient (Wildman–Crippen LogP) is 3.56. The highest BCUT2D eigenvalue weighted by atomic mass is 16.5. The topological polar surface area (TPSA) is 83.0 Å². The van der Waals surface area contributed by atoms with Gasteiger partial charge in [-0.05, 0) is 24.6 Å². The Balaban J connectivity index is 2.07. The molecule has 4 rings (SSSR count). The van der Waals surface area contributed by atoms with Crippen LogP contribution in [0.15, 0.2) is 54.6 Å². The molecule has 2 aromatic heterocycles. The maximum atomic E-state index is 12.4. The highest BCUT2D eigenvalue weighted by Crippen LogP contribution is 2.33. The summed E-state index contributed by atoms with van der Waals surface area (Å²) < 4.78 is 6.78. The molecular formula is C20H18N4O2. The van der Waals surface area contributed by atoms with E-state index in [1.807, 2.05) is 66.1 Å². The van der Waals surface area contributed by atoms with E-state index < -0.39 is 5.97 Å². The Bertz CT molecular complexity index is 1120. The molecule has 0 unspecified atom stereocenters. The maximum absolute atomic E-state index is 12.4. The number of carbonyl (C=O) groups excluding carboxylic acids is 1. The number of hydrogen-bond acceptors (Lipinski definition) is 5. The van der Waals surface area contributed by atoms with Crippen molar-refractivity contribution in [1.29, 1.82) is 0 Å². The summed E-state index contributed by atoms with van der Waals surface area (Å²) in [4.78, 5) is 21.7. The van der Waals surface area contributed by atoms with E-state index in [1.54, 1.807) is 0 Å². The molecule has 0 saturated heterocycles. The van der Waals surface area contributed by atoms with E-state index in [9.17, 15) is 4.79 Å². The molecule has 0 radical (unpaired) electrons. The zero-order valence-corrected chi connectivity index (χ0v) is 14.5. The molecular weight excluding hydrogens is 328 g/mol. The first-order chi connectivity index (χ1) is 12.6. The Morgan fingerprint density at radius 3 is 2.31 bits per heavy atom. The van der Waals surface area contributed by atoms with Crippen molar-refractivity contribution < 1.29 is 9.53 Å². The molecule has 2 heterocycles. The highest BCUT2D eigenvalue weighted by molar-refractivity contribution is 6.08. The van der Waals surface area contributed by atoms with E-state index in [4.69, 9.17) is 15.5 Å². The molecule has 0 aliphatic carbocycles.